The van der Waals surface area contributed by atoms with Crippen molar-refractivity contribution in [3.63, 3.8) is 0 Å². The fraction of sp³-hybridized carbons (Fsp3) is 0.444. The number of hydrogen-bond acceptors (Lipinski definition) is 4. The van der Waals surface area contributed by atoms with Crippen molar-refractivity contribution >= 4 is 0 Å². The van der Waals surface area contributed by atoms with Gasteiger partial charge in [0.25, 0.3) is 5.56 Å². The first-order valence-electron chi connectivity index (χ1n) is 8.19. The molecule has 128 valence electrons. The summed E-state index contributed by atoms with van der Waals surface area (Å²) in [5.74, 6) is 0. The number of aromatic nitrogens is 2. The van der Waals surface area contributed by atoms with E-state index < -0.39 is 5.60 Å². The summed E-state index contributed by atoms with van der Waals surface area (Å²) in [6.45, 7) is 0.682. The van der Waals surface area contributed by atoms with Crippen LogP contribution in [-0.4, -0.2) is 20.8 Å². The van der Waals surface area contributed by atoms with Gasteiger partial charge in [0.1, 0.15) is 5.60 Å². The Hall–Kier alpha value is -2.18. The molecule has 0 saturated carbocycles. The lowest BCUT2D eigenvalue weighted by atomic mass is 9.79. The number of aryl methyl sites for hydroxylation is 2. The zero-order valence-electron chi connectivity index (χ0n) is 14.1. The largest absolute Gasteiger partial charge is 0.384 e. The Morgan fingerprint density at radius 1 is 1.25 bits per heavy atom. The molecule has 6 nitrogen and oxygen atoms in total. The highest BCUT2D eigenvalue weighted by atomic mass is 16.3. The van der Waals surface area contributed by atoms with Crippen LogP contribution in [-0.2, 0) is 32.7 Å². The van der Waals surface area contributed by atoms with Crippen molar-refractivity contribution in [2.45, 2.75) is 31.4 Å². The Balaban J connectivity index is 1.76. The second-order valence-electron chi connectivity index (χ2n) is 6.56. The molecule has 1 atom stereocenters. The van der Waals surface area contributed by atoms with Crippen molar-refractivity contribution in [2.24, 2.45) is 14.1 Å². The van der Waals surface area contributed by atoms with Crippen LogP contribution in [0.25, 0.3) is 0 Å². The van der Waals surface area contributed by atoms with Gasteiger partial charge in [-0.1, -0.05) is 24.3 Å². The van der Waals surface area contributed by atoms with Crippen molar-refractivity contribution in [2.75, 3.05) is 6.54 Å². The van der Waals surface area contributed by atoms with Crippen LogP contribution in [0.5, 0.6) is 0 Å². The molecule has 2 aromatic rings. The molecular weight excluding hydrogens is 306 g/mol. The monoisotopic (exact) mass is 329 g/mol. The minimum atomic E-state index is -0.916. The Labute approximate surface area is 140 Å². The summed E-state index contributed by atoms with van der Waals surface area (Å²) in [6.07, 6.45) is 4.18. The molecule has 0 bridgehead atoms. The van der Waals surface area contributed by atoms with Crippen LogP contribution in [0, 0.1) is 0 Å². The zero-order valence-corrected chi connectivity index (χ0v) is 14.1. The number of hydrogen-bond donors (Lipinski definition) is 2. The van der Waals surface area contributed by atoms with E-state index in [2.05, 4.69) is 11.4 Å². The normalized spacial score (nSPS) is 20.0. The minimum Gasteiger partial charge on any atom is -0.384 e. The van der Waals surface area contributed by atoms with Crippen molar-refractivity contribution in [1.82, 2.24) is 14.5 Å². The summed E-state index contributed by atoms with van der Waals surface area (Å²) in [7, 11) is 3.09. The molecule has 2 N–H and O–H groups in total. The van der Waals surface area contributed by atoms with Crippen molar-refractivity contribution in [3.8, 4) is 0 Å². The van der Waals surface area contributed by atoms with E-state index in [0.29, 0.717) is 25.1 Å². The molecule has 6 heteroatoms. The number of aliphatic hydroxyl groups is 1. The lowest BCUT2D eigenvalue weighted by Crippen LogP contribution is -2.43. The summed E-state index contributed by atoms with van der Waals surface area (Å²) in [5.41, 5.74) is 1.10. The maximum atomic E-state index is 12.1. The van der Waals surface area contributed by atoms with Crippen LogP contribution < -0.4 is 16.6 Å². The lowest BCUT2D eigenvalue weighted by Gasteiger charge is -2.34. The highest BCUT2D eigenvalue weighted by Gasteiger charge is 2.33. The van der Waals surface area contributed by atoms with Gasteiger partial charge in [-0.05, 0) is 30.4 Å². The number of nitrogens with one attached hydrogen (secondary N) is 1. The third kappa shape index (κ3) is 2.95. The summed E-state index contributed by atoms with van der Waals surface area (Å²) < 4.78 is 2.49. The molecule has 1 aromatic carbocycles. The minimum absolute atomic E-state index is 0.304. The molecule has 0 saturated heterocycles. The van der Waals surface area contributed by atoms with Crippen molar-refractivity contribution in [3.05, 3.63) is 68.0 Å². The van der Waals surface area contributed by atoms with Gasteiger partial charge >= 0.3 is 5.69 Å². The van der Waals surface area contributed by atoms with Gasteiger partial charge in [0, 0.05) is 38.9 Å². The Bertz CT molecular complexity index is 869. The summed E-state index contributed by atoms with van der Waals surface area (Å²) in [6, 6.07) is 7.97. The molecule has 0 radical (unpaired) electrons. The average Bonchev–Trinajstić information content (AvgIpc) is 2.58. The van der Waals surface area contributed by atoms with Crippen LogP contribution in [0.4, 0.5) is 0 Å². The van der Waals surface area contributed by atoms with Gasteiger partial charge in [-0.25, -0.2) is 4.79 Å². The van der Waals surface area contributed by atoms with E-state index in [0.717, 1.165) is 23.0 Å². The van der Waals surface area contributed by atoms with E-state index in [1.807, 2.05) is 18.2 Å². The molecular formula is C18H23N3O3. The third-order valence-electron chi connectivity index (χ3n) is 4.81. The summed E-state index contributed by atoms with van der Waals surface area (Å²) in [5, 5.41) is 14.2. The second-order valence-corrected chi connectivity index (χ2v) is 6.56. The lowest BCUT2D eigenvalue weighted by molar-refractivity contribution is 0.0189. The maximum Gasteiger partial charge on any atom is 0.330 e. The predicted molar refractivity (Wildman–Crippen MR) is 91.9 cm³/mol. The van der Waals surface area contributed by atoms with Crippen LogP contribution in [0.15, 0.2) is 40.1 Å². The molecule has 3 rings (SSSR count). The maximum absolute atomic E-state index is 12.1. The van der Waals surface area contributed by atoms with Gasteiger partial charge in [-0.15, -0.1) is 0 Å². The average molecular weight is 329 g/mol. The van der Waals surface area contributed by atoms with E-state index in [1.54, 1.807) is 13.2 Å². The van der Waals surface area contributed by atoms with Crippen LogP contribution in [0.2, 0.25) is 0 Å². The first kappa shape index (κ1) is 16.7. The van der Waals surface area contributed by atoms with Gasteiger partial charge in [0.05, 0.1) is 0 Å². The highest BCUT2D eigenvalue weighted by molar-refractivity contribution is 5.35. The van der Waals surface area contributed by atoms with Gasteiger partial charge < -0.3 is 15.0 Å². The van der Waals surface area contributed by atoms with Crippen LogP contribution >= 0.6 is 0 Å². The molecule has 1 aliphatic rings. The molecule has 0 amide bonds. The van der Waals surface area contributed by atoms with E-state index in [4.69, 9.17) is 0 Å². The predicted octanol–water partition coefficient (Wildman–Crippen LogP) is 0.398. The fourth-order valence-corrected chi connectivity index (χ4v) is 3.49. The van der Waals surface area contributed by atoms with Gasteiger partial charge in [0.15, 0.2) is 0 Å². The summed E-state index contributed by atoms with van der Waals surface area (Å²) in [4.78, 5) is 23.9. The van der Waals surface area contributed by atoms with Gasteiger partial charge in [0.2, 0.25) is 0 Å². The number of nitrogens with zero attached hydrogens (tertiary/aromatic N) is 2. The number of benzene rings is 1. The van der Waals surface area contributed by atoms with E-state index in [1.165, 1.54) is 17.2 Å². The molecule has 0 aliphatic heterocycles. The third-order valence-corrected chi connectivity index (χ3v) is 4.81. The van der Waals surface area contributed by atoms with E-state index in [-0.39, 0.29) is 11.2 Å². The van der Waals surface area contributed by atoms with Crippen molar-refractivity contribution in [1.29, 1.82) is 0 Å². The Morgan fingerprint density at radius 2 is 2.00 bits per heavy atom. The first-order chi connectivity index (χ1) is 11.4. The molecule has 1 aromatic heterocycles. The molecule has 1 aliphatic carbocycles. The topological polar surface area (TPSA) is 76.3 Å². The molecule has 0 spiro atoms. The highest BCUT2D eigenvalue weighted by Crippen LogP contribution is 2.34. The van der Waals surface area contributed by atoms with Gasteiger partial charge in [-0.3, -0.25) is 9.36 Å². The molecule has 0 fully saturated rings. The molecule has 24 heavy (non-hydrogen) atoms. The fourth-order valence-electron chi connectivity index (χ4n) is 3.49. The van der Waals surface area contributed by atoms with E-state index >= 15 is 0 Å². The Morgan fingerprint density at radius 3 is 2.79 bits per heavy atom. The smallest absolute Gasteiger partial charge is 0.330 e. The number of fused-ring (bicyclic) bond motifs is 1. The first-order valence-corrected chi connectivity index (χ1v) is 8.19. The second kappa shape index (κ2) is 6.37. The molecule has 1 heterocycles. The summed E-state index contributed by atoms with van der Waals surface area (Å²) >= 11 is 0. The standard InChI is InChI=1S/C18H23N3O3/c1-20-11-14(16(22)21(2)17(20)23)10-19-12-18(24)9-5-7-13-6-3-4-8-15(13)18/h3-4,6,8,11,19,24H,5,7,9-10,12H2,1-2H3. The molecule has 1 unspecified atom stereocenters. The van der Waals surface area contributed by atoms with Crippen LogP contribution in [0.1, 0.15) is 29.5 Å². The SMILES string of the molecule is Cn1cc(CNCC2(O)CCCc3ccccc32)c(=O)n(C)c1=O. The van der Waals surface area contributed by atoms with Crippen molar-refractivity contribution < 1.29 is 5.11 Å². The zero-order chi connectivity index (χ0) is 17.3. The number of rotatable bonds is 4. The van der Waals surface area contributed by atoms with Gasteiger partial charge in [-0.2, -0.15) is 0 Å². The Kier molecular flexibility index (Phi) is 4.43. The van der Waals surface area contributed by atoms with E-state index in [9.17, 15) is 14.7 Å². The quantitative estimate of drug-likeness (QED) is 0.851. The van der Waals surface area contributed by atoms with Crippen LogP contribution in [0.3, 0.4) is 0 Å².